The fourth-order valence-corrected chi connectivity index (χ4v) is 2.54. The van der Waals surface area contributed by atoms with E-state index in [1.54, 1.807) is 21.9 Å². The average Bonchev–Trinajstić information content (AvgIpc) is 3.28. The highest BCUT2D eigenvalue weighted by molar-refractivity contribution is 5.74. The summed E-state index contributed by atoms with van der Waals surface area (Å²) in [6.07, 6.45) is 6.73. The molecule has 0 aliphatic carbocycles. The summed E-state index contributed by atoms with van der Waals surface area (Å²) in [6, 6.07) is 9.43. The van der Waals surface area contributed by atoms with E-state index in [2.05, 4.69) is 25.8 Å². The molecule has 8 heteroatoms. The number of rotatable bonds is 6. The second-order valence-electron chi connectivity index (χ2n) is 5.90. The van der Waals surface area contributed by atoms with Crippen LogP contribution in [0.1, 0.15) is 25.5 Å². The molecule has 2 heterocycles. The lowest BCUT2D eigenvalue weighted by Crippen LogP contribution is -2.43. The number of urea groups is 1. The lowest BCUT2D eigenvalue weighted by Gasteiger charge is -2.18. The smallest absolute Gasteiger partial charge is 0.315 e. The molecule has 3 rings (SSSR count). The quantitative estimate of drug-likeness (QED) is 0.718. The zero-order chi connectivity index (χ0) is 17.6. The van der Waals surface area contributed by atoms with Gasteiger partial charge in [-0.15, -0.1) is 0 Å². The molecule has 0 radical (unpaired) electrons. The van der Waals surface area contributed by atoms with Crippen molar-refractivity contribution < 1.29 is 4.79 Å². The van der Waals surface area contributed by atoms with Gasteiger partial charge in [0, 0.05) is 18.4 Å². The van der Waals surface area contributed by atoms with Gasteiger partial charge in [-0.1, -0.05) is 12.1 Å². The molecule has 0 spiro atoms. The van der Waals surface area contributed by atoms with Crippen molar-refractivity contribution in [2.75, 3.05) is 0 Å². The van der Waals surface area contributed by atoms with E-state index in [-0.39, 0.29) is 18.1 Å². The highest BCUT2D eigenvalue weighted by Crippen LogP contribution is 2.15. The average molecular weight is 339 g/mol. The molecule has 0 aliphatic rings. The molecule has 3 aromatic rings. The predicted octanol–water partition coefficient (Wildman–Crippen LogP) is 1.91. The van der Waals surface area contributed by atoms with Gasteiger partial charge in [0.1, 0.15) is 12.7 Å². The Hall–Kier alpha value is -3.16. The second kappa shape index (κ2) is 7.61. The summed E-state index contributed by atoms with van der Waals surface area (Å²) in [4.78, 5) is 16.0. The van der Waals surface area contributed by atoms with E-state index in [1.807, 2.05) is 50.4 Å². The molecule has 0 saturated carbocycles. The molecular formula is C17H21N7O. The topological polar surface area (TPSA) is 89.7 Å². The third-order valence-electron chi connectivity index (χ3n) is 3.81. The lowest BCUT2D eigenvalue weighted by molar-refractivity contribution is 0.233. The van der Waals surface area contributed by atoms with Gasteiger partial charge in [-0.05, 0) is 37.6 Å². The Morgan fingerprint density at radius 3 is 2.60 bits per heavy atom. The van der Waals surface area contributed by atoms with Crippen LogP contribution in [0.15, 0.2) is 55.4 Å². The van der Waals surface area contributed by atoms with Crippen LogP contribution in [0.3, 0.4) is 0 Å². The largest absolute Gasteiger partial charge is 0.334 e. The molecule has 2 N–H and O–H groups in total. The molecule has 0 fully saturated rings. The first kappa shape index (κ1) is 16.7. The first-order chi connectivity index (χ1) is 12.1. The molecule has 25 heavy (non-hydrogen) atoms. The maximum atomic E-state index is 12.1. The molecule has 2 amide bonds. The first-order valence-corrected chi connectivity index (χ1v) is 8.11. The number of carbonyl (C=O) groups is 1. The number of carbonyl (C=O) groups excluding carboxylic acids is 1. The molecule has 1 aromatic carbocycles. The van der Waals surface area contributed by atoms with Crippen LogP contribution in [-0.2, 0) is 6.54 Å². The van der Waals surface area contributed by atoms with Crippen molar-refractivity contribution in [2.45, 2.75) is 32.5 Å². The highest BCUT2D eigenvalue weighted by Gasteiger charge is 2.12. The summed E-state index contributed by atoms with van der Waals surface area (Å²) in [6.45, 7) is 4.44. The number of aromatic nitrogens is 5. The summed E-state index contributed by atoms with van der Waals surface area (Å²) in [5, 5.41) is 14.1. The molecule has 0 saturated heterocycles. The Balaban J connectivity index is 1.52. The molecule has 0 bridgehead atoms. The Morgan fingerprint density at radius 2 is 1.96 bits per heavy atom. The maximum absolute atomic E-state index is 12.1. The van der Waals surface area contributed by atoms with Gasteiger partial charge in [0.15, 0.2) is 0 Å². The number of hydrogen-bond donors (Lipinski definition) is 2. The summed E-state index contributed by atoms with van der Waals surface area (Å²) >= 11 is 0. The Kier molecular flexibility index (Phi) is 5.08. The monoisotopic (exact) mass is 339 g/mol. The minimum absolute atomic E-state index is 0.0592. The normalized spacial score (nSPS) is 13.2. The summed E-state index contributed by atoms with van der Waals surface area (Å²) in [5.74, 6) is 0. The van der Waals surface area contributed by atoms with Crippen LogP contribution >= 0.6 is 0 Å². The van der Waals surface area contributed by atoms with Gasteiger partial charge in [0.25, 0.3) is 0 Å². The molecule has 0 unspecified atom stereocenters. The van der Waals surface area contributed by atoms with Gasteiger partial charge < -0.3 is 10.6 Å². The molecular weight excluding hydrogens is 318 g/mol. The van der Waals surface area contributed by atoms with Crippen LogP contribution in [0.25, 0.3) is 5.69 Å². The molecule has 130 valence electrons. The van der Waals surface area contributed by atoms with E-state index in [1.165, 1.54) is 6.33 Å². The second-order valence-corrected chi connectivity index (χ2v) is 5.90. The first-order valence-electron chi connectivity index (χ1n) is 8.11. The Bertz CT molecular complexity index is 781. The SMILES string of the molecule is C[C@@H](Cn1cncn1)NC(=O)N[C@H](C)c1ccc(-n2cccn2)cc1. The lowest BCUT2D eigenvalue weighted by atomic mass is 10.1. The Labute approximate surface area is 145 Å². The van der Waals surface area contributed by atoms with Crippen LogP contribution in [0.2, 0.25) is 0 Å². The fourth-order valence-electron chi connectivity index (χ4n) is 2.54. The van der Waals surface area contributed by atoms with Crippen LogP contribution in [0.4, 0.5) is 4.79 Å². The van der Waals surface area contributed by atoms with E-state index in [4.69, 9.17) is 0 Å². The van der Waals surface area contributed by atoms with Gasteiger partial charge in [-0.25, -0.2) is 14.5 Å². The third-order valence-corrected chi connectivity index (χ3v) is 3.81. The molecule has 0 aliphatic heterocycles. The number of amides is 2. The predicted molar refractivity (Wildman–Crippen MR) is 93.1 cm³/mol. The van der Waals surface area contributed by atoms with E-state index in [0.717, 1.165) is 11.3 Å². The fraction of sp³-hybridized carbons (Fsp3) is 0.294. The minimum Gasteiger partial charge on any atom is -0.334 e. The minimum atomic E-state index is -0.212. The standard InChI is InChI=1S/C17H21N7O/c1-13(10-23-12-18-11-20-23)21-17(25)22-14(2)15-4-6-16(7-5-15)24-9-3-8-19-24/h3-9,11-14H,10H2,1-2H3,(H2,21,22,25)/t13-,14+/m0/s1. The van der Waals surface area contributed by atoms with Gasteiger partial charge >= 0.3 is 6.03 Å². The van der Waals surface area contributed by atoms with E-state index >= 15 is 0 Å². The van der Waals surface area contributed by atoms with Crippen molar-refractivity contribution in [3.8, 4) is 5.69 Å². The van der Waals surface area contributed by atoms with Crippen LogP contribution in [-0.4, -0.2) is 36.6 Å². The molecule has 2 atom stereocenters. The van der Waals surface area contributed by atoms with Gasteiger partial charge in [0.05, 0.1) is 18.3 Å². The van der Waals surface area contributed by atoms with Crippen LogP contribution < -0.4 is 10.6 Å². The third kappa shape index (κ3) is 4.43. The Morgan fingerprint density at radius 1 is 1.16 bits per heavy atom. The molecule has 2 aromatic heterocycles. The van der Waals surface area contributed by atoms with Crippen LogP contribution in [0.5, 0.6) is 0 Å². The van der Waals surface area contributed by atoms with E-state index in [0.29, 0.717) is 6.54 Å². The highest BCUT2D eigenvalue weighted by atomic mass is 16.2. The summed E-state index contributed by atoms with van der Waals surface area (Å²) < 4.78 is 3.47. The number of nitrogens with one attached hydrogen (secondary N) is 2. The van der Waals surface area contributed by atoms with E-state index in [9.17, 15) is 4.79 Å². The summed E-state index contributed by atoms with van der Waals surface area (Å²) in [7, 11) is 0. The van der Waals surface area contributed by atoms with Gasteiger partial charge in [0.2, 0.25) is 0 Å². The van der Waals surface area contributed by atoms with Crippen molar-refractivity contribution in [2.24, 2.45) is 0 Å². The van der Waals surface area contributed by atoms with Crippen molar-refractivity contribution in [3.63, 3.8) is 0 Å². The molecule has 8 nitrogen and oxygen atoms in total. The van der Waals surface area contributed by atoms with Crippen molar-refractivity contribution in [1.82, 2.24) is 35.2 Å². The zero-order valence-corrected chi connectivity index (χ0v) is 14.2. The number of benzene rings is 1. The number of nitrogens with zero attached hydrogens (tertiary/aromatic N) is 5. The van der Waals surface area contributed by atoms with Gasteiger partial charge in [-0.2, -0.15) is 10.2 Å². The van der Waals surface area contributed by atoms with E-state index < -0.39 is 0 Å². The van der Waals surface area contributed by atoms with Crippen molar-refractivity contribution in [3.05, 3.63) is 60.9 Å². The van der Waals surface area contributed by atoms with Crippen LogP contribution in [0, 0.1) is 0 Å². The van der Waals surface area contributed by atoms with Gasteiger partial charge in [-0.3, -0.25) is 4.68 Å². The number of hydrogen-bond acceptors (Lipinski definition) is 4. The summed E-state index contributed by atoms with van der Waals surface area (Å²) in [5.41, 5.74) is 2.00. The zero-order valence-electron chi connectivity index (χ0n) is 14.2. The van der Waals surface area contributed by atoms with Crippen molar-refractivity contribution >= 4 is 6.03 Å². The maximum Gasteiger partial charge on any atom is 0.315 e. The van der Waals surface area contributed by atoms with Crippen molar-refractivity contribution in [1.29, 1.82) is 0 Å².